The number of rotatable bonds is 5. The molecule has 1 heterocycles. The number of carbonyl (C=O) groups is 2. The minimum absolute atomic E-state index is 0.277. The first kappa shape index (κ1) is 15.7. The monoisotopic (exact) mass is 298 g/mol. The van der Waals surface area contributed by atoms with E-state index in [0.717, 1.165) is 18.3 Å². The Morgan fingerprint density at radius 2 is 1.91 bits per heavy atom. The first-order valence-electron chi connectivity index (χ1n) is 7.07. The highest BCUT2D eigenvalue weighted by Crippen LogP contribution is 2.20. The highest BCUT2D eigenvalue weighted by atomic mass is 16.2. The SMILES string of the molecule is CCc1ccc(C(C=O)N(C)C(=O)c2ccc(=O)[nH]c2)cc1. The van der Waals surface area contributed by atoms with E-state index in [2.05, 4.69) is 11.9 Å². The average Bonchev–Trinajstić information content (AvgIpc) is 2.56. The molecule has 0 spiro atoms. The van der Waals surface area contributed by atoms with E-state index >= 15 is 0 Å². The molecule has 0 saturated heterocycles. The van der Waals surface area contributed by atoms with E-state index in [1.165, 1.54) is 28.8 Å². The molecule has 22 heavy (non-hydrogen) atoms. The quantitative estimate of drug-likeness (QED) is 0.858. The minimum Gasteiger partial charge on any atom is -0.328 e. The van der Waals surface area contributed by atoms with Gasteiger partial charge in [0, 0.05) is 19.3 Å². The summed E-state index contributed by atoms with van der Waals surface area (Å²) in [4.78, 5) is 38.7. The standard InChI is InChI=1S/C17H18N2O3/c1-3-12-4-6-13(7-5-12)15(11-20)19(2)17(22)14-8-9-16(21)18-10-14/h4-11,15H,3H2,1-2H3,(H,18,21). The number of likely N-dealkylation sites (N-methyl/N-ethyl adjacent to an activating group) is 1. The summed E-state index contributed by atoms with van der Waals surface area (Å²) >= 11 is 0. The number of pyridine rings is 1. The van der Waals surface area contributed by atoms with E-state index in [1.54, 1.807) is 7.05 Å². The van der Waals surface area contributed by atoms with E-state index in [9.17, 15) is 14.4 Å². The number of aldehydes is 1. The summed E-state index contributed by atoms with van der Waals surface area (Å²) in [5.41, 5.74) is 1.98. The van der Waals surface area contributed by atoms with Crippen molar-refractivity contribution >= 4 is 12.2 Å². The van der Waals surface area contributed by atoms with Gasteiger partial charge in [0.05, 0.1) is 5.56 Å². The van der Waals surface area contributed by atoms with Crippen LogP contribution in [0.4, 0.5) is 0 Å². The predicted molar refractivity (Wildman–Crippen MR) is 83.8 cm³/mol. The number of H-pyrrole nitrogens is 1. The van der Waals surface area contributed by atoms with Crippen LogP contribution >= 0.6 is 0 Å². The molecule has 0 aliphatic heterocycles. The molecule has 5 heteroatoms. The van der Waals surface area contributed by atoms with Crippen LogP contribution in [0.25, 0.3) is 0 Å². The van der Waals surface area contributed by atoms with E-state index in [4.69, 9.17) is 0 Å². The second-order valence-corrected chi connectivity index (χ2v) is 5.03. The van der Waals surface area contributed by atoms with Crippen LogP contribution in [0.3, 0.4) is 0 Å². The molecule has 2 rings (SSSR count). The van der Waals surface area contributed by atoms with Gasteiger partial charge < -0.3 is 14.7 Å². The number of amides is 1. The summed E-state index contributed by atoms with van der Waals surface area (Å²) < 4.78 is 0. The smallest absolute Gasteiger partial charge is 0.255 e. The fourth-order valence-corrected chi connectivity index (χ4v) is 2.22. The van der Waals surface area contributed by atoms with Crippen LogP contribution in [0.15, 0.2) is 47.4 Å². The maximum absolute atomic E-state index is 12.4. The molecule has 0 fully saturated rings. The van der Waals surface area contributed by atoms with Gasteiger partial charge in [-0.15, -0.1) is 0 Å². The molecule has 1 aromatic heterocycles. The third kappa shape index (κ3) is 3.31. The molecule has 0 saturated carbocycles. The van der Waals surface area contributed by atoms with E-state index in [0.29, 0.717) is 5.56 Å². The van der Waals surface area contributed by atoms with Gasteiger partial charge in [0.1, 0.15) is 12.3 Å². The van der Waals surface area contributed by atoms with Gasteiger partial charge in [-0.25, -0.2) is 0 Å². The number of hydrogen-bond acceptors (Lipinski definition) is 3. The van der Waals surface area contributed by atoms with Crippen molar-refractivity contribution < 1.29 is 9.59 Å². The maximum atomic E-state index is 12.4. The lowest BCUT2D eigenvalue weighted by Crippen LogP contribution is -2.32. The number of benzene rings is 1. The van der Waals surface area contributed by atoms with Gasteiger partial charge in [-0.1, -0.05) is 31.2 Å². The topological polar surface area (TPSA) is 70.2 Å². The highest BCUT2D eigenvalue weighted by Gasteiger charge is 2.22. The number of aromatic nitrogens is 1. The maximum Gasteiger partial charge on any atom is 0.255 e. The van der Waals surface area contributed by atoms with Crippen LogP contribution in [0.5, 0.6) is 0 Å². The first-order chi connectivity index (χ1) is 10.6. The van der Waals surface area contributed by atoms with Crippen LogP contribution in [-0.2, 0) is 11.2 Å². The van der Waals surface area contributed by atoms with Gasteiger partial charge in [-0.05, 0) is 23.6 Å². The molecule has 5 nitrogen and oxygen atoms in total. The predicted octanol–water partition coefficient (Wildman–Crippen LogP) is 1.95. The largest absolute Gasteiger partial charge is 0.328 e. The molecule has 0 radical (unpaired) electrons. The van der Waals surface area contributed by atoms with Crippen LogP contribution in [0.1, 0.15) is 34.5 Å². The van der Waals surface area contributed by atoms with Crippen molar-refractivity contribution in [1.82, 2.24) is 9.88 Å². The summed E-state index contributed by atoms with van der Waals surface area (Å²) in [6.07, 6.45) is 3.01. The van der Waals surface area contributed by atoms with E-state index in [-0.39, 0.29) is 11.5 Å². The zero-order valence-corrected chi connectivity index (χ0v) is 12.6. The fraction of sp³-hybridized carbons (Fsp3) is 0.235. The number of hydrogen-bond donors (Lipinski definition) is 1. The zero-order chi connectivity index (χ0) is 16.1. The van der Waals surface area contributed by atoms with Gasteiger partial charge in [-0.3, -0.25) is 9.59 Å². The Morgan fingerprint density at radius 1 is 1.23 bits per heavy atom. The third-order valence-electron chi connectivity index (χ3n) is 3.63. The van der Waals surface area contributed by atoms with Crippen LogP contribution < -0.4 is 5.56 Å². The summed E-state index contributed by atoms with van der Waals surface area (Å²) in [5, 5.41) is 0. The molecule has 0 aliphatic rings. The van der Waals surface area contributed by atoms with Crippen molar-refractivity contribution in [3.05, 3.63) is 69.6 Å². The summed E-state index contributed by atoms with van der Waals surface area (Å²) in [6.45, 7) is 2.05. The lowest BCUT2D eigenvalue weighted by molar-refractivity contribution is -0.111. The molecule has 2 aromatic rings. The highest BCUT2D eigenvalue weighted by molar-refractivity contribution is 5.95. The molecule has 1 aromatic carbocycles. The number of nitrogens with one attached hydrogen (secondary N) is 1. The normalized spacial score (nSPS) is 11.7. The van der Waals surface area contributed by atoms with Gasteiger partial charge in [0.25, 0.3) is 5.91 Å². The average molecular weight is 298 g/mol. The van der Waals surface area contributed by atoms with Crippen molar-refractivity contribution in [1.29, 1.82) is 0 Å². The number of nitrogens with zero attached hydrogens (tertiary/aromatic N) is 1. The van der Waals surface area contributed by atoms with Crippen molar-refractivity contribution in [3.63, 3.8) is 0 Å². The van der Waals surface area contributed by atoms with Gasteiger partial charge in [0.2, 0.25) is 5.56 Å². The first-order valence-corrected chi connectivity index (χ1v) is 7.07. The second-order valence-electron chi connectivity index (χ2n) is 5.03. The molecular formula is C17H18N2O3. The van der Waals surface area contributed by atoms with Gasteiger partial charge in [0.15, 0.2) is 0 Å². The zero-order valence-electron chi connectivity index (χ0n) is 12.6. The Labute approximate surface area is 128 Å². The molecule has 0 bridgehead atoms. The van der Waals surface area contributed by atoms with Crippen molar-refractivity contribution in [2.75, 3.05) is 7.05 Å². The van der Waals surface area contributed by atoms with Gasteiger partial charge >= 0.3 is 0 Å². The fourth-order valence-electron chi connectivity index (χ4n) is 2.22. The lowest BCUT2D eigenvalue weighted by atomic mass is 10.0. The van der Waals surface area contributed by atoms with Crippen LogP contribution in [0.2, 0.25) is 0 Å². The molecule has 1 atom stereocenters. The molecule has 1 N–H and O–H groups in total. The molecular weight excluding hydrogens is 280 g/mol. The number of carbonyl (C=O) groups excluding carboxylic acids is 2. The Bertz CT molecular complexity index is 699. The number of aryl methyl sites for hydroxylation is 1. The van der Waals surface area contributed by atoms with Crippen molar-refractivity contribution in [3.8, 4) is 0 Å². The third-order valence-corrected chi connectivity index (χ3v) is 3.63. The summed E-state index contributed by atoms with van der Waals surface area (Å²) in [6, 6.07) is 9.68. The van der Waals surface area contributed by atoms with Crippen molar-refractivity contribution in [2.45, 2.75) is 19.4 Å². The van der Waals surface area contributed by atoms with Crippen LogP contribution in [0, 0.1) is 0 Å². The van der Waals surface area contributed by atoms with E-state index in [1.807, 2.05) is 24.3 Å². The Hall–Kier alpha value is -2.69. The van der Waals surface area contributed by atoms with E-state index < -0.39 is 6.04 Å². The molecule has 1 unspecified atom stereocenters. The molecule has 1 amide bonds. The number of aromatic amines is 1. The Morgan fingerprint density at radius 3 is 2.41 bits per heavy atom. The second kappa shape index (κ2) is 6.85. The van der Waals surface area contributed by atoms with Crippen molar-refractivity contribution in [2.24, 2.45) is 0 Å². The Balaban J connectivity index is 2.25. The Kier molecular flexibility index (Phi) is 4.88. The van der Waals surface area contributed by atoms with Crippen LogP contribution in [-0.4, -0.2) is 29.1 Å². The minimum atomic E-state index is -0.662. The lowest BCUT2D eigenvalue weighted by Gasteiger charge is -2.24. The van der Waals surface area contributed by atoms with Gasteiger partial charge in [-0.2, -0.15) is 0 Å². The molecule has 0 aliphatic carbocycles. The summed E-state index contributed by atoms with van der Waals surface area (Å²) in [7, 11) is 1.57. The molecule has 114 valence electrons. The summed E-state index contributed by atoms with van der Waals surface area (Å²) in [5.74, 6) is -0.326.